The first-order valence-corrected chi connectivity index (χ1v) is 8.54. The third-order valence-electron chi connectivity index (χ3n) is 4.90. The lowest BCUT2D eigenvalue weighted by Crippen LogP contribution is -2.21. The highest BCUT2D eigenvalue weighted by atomic mass is 16.6. The van der Waals surface area contributed by atoms with Crippen LogP contribution in [0, 0.1) is 16.0 Å². The second kappa shape index (κ2) is 6.64. The van der Waals surface area contributed by atoms with E-state index in [1.807, 2.05) is 36.7 Å². The number of nitrogens with zero attached hydrogens (tertiary/aromatic N) is 4. The average Bonchev–Trinajstić information content (AvgIpc) is 3.23. The molecule has 1 aliphatic rings. The van der Waals surface area contributed by atoms with Crippen molar-refractivity contribution in [2.75, 3.05) is 13.1 Å². The molecular weight excluding hydrogens is 316 g/mol. The molecule has 25 heavy (non-hydrogen) atoms. The van der Waals surface area contributed by atoms with Gasteiger partial charge >= 0.3 is 0 Å². The molecule has 1 saturated heterocycles. The molecule has 2 aromatic heterocycles. The Balaban J connectivity index is 1.45. The lowest BCUT2D eigenvalue weighted by molar-refractivity contribution is -0.384. The molecule has 1 aliphatic heterocycles. The van der Waals surface area contributed by atoms with E-state index in [0.717, 1.165) is 49.2 Å². The highest BCUT2D eigenvalue weighted by Crippen LogP contribution is 2.25. The van der Waals surface area contributed by atoms with E-state index in [-0.39, 0.29) is 10.6 Å². The van der Waals surface area contributed by atoms with Crippen molar-refractivity contribution in [2.24, 2.45) is 5.92 Å². The van der Waals surface area contributed by atoms with Gasteiger partial charge in [-0.25, -0.2) is 0 Å². The summed E-state index contributed by atoms with van der Waals surface area (Å²) < 4.78 is 2.15. The molecular formula is C19H20N4O2. The molecule has 0 N–H and O–H groups in total. The first-order valence-electron chi connectivity index (χ1n) is 8.54. The van der Waals surface area contributed by atoms with Crippen molar-refractivity contribution >= 4 is 16.6 Å². The topological polar surface area (TPSA) is 64.2 Å². The predicted octanol–water partition coefficient (Wildman–Crippen LogP) is 3.47. The van der Waals surface area contributed by atoms with Crippen LogP contribution in [0.15, 0.2) is 54.9 Å². The Hall–Kier alpha value is -2.73. The maximum Gasteiger partial charge on any atom is 0.271 e. The average molecular weight is 336 g/mol. The van der Waals surface area contributed by atoms with Gasteiger partial charge in [0.05, 0.1) is 16.1 Å². The second-order valence-corrected chi connectivity index (χ2v) is 6.68. The summed E-state index contributed by atoms with van der Waals surface area (Å²) in [4.78, 5) is 17.5. The standard InChI is InChI=1S/C19H20N4O2/c24-23(25)18-5-4-16-7-10-22(19(16)11-18)13-15-6-9-21(12-15)14-17-3-1-2-8-20-17/h1-5,7-8,10-11,15H,6,9,12-14H2. The van der Waals surface area contributed by atoms with Crippen LogP contribution in [0.4, 0.5) is 5.69 Å². The molecule has 0 saturated carbocycles. The van der Waals surface area contributed by atoms with Crippen LogP contribution in [-0.4, -0.2) is 32.5 Å². The SMILES string of the molecule is O=[N+]([O-])c1ccc2ccn(CC3CCN(Cc4ccccn4)C3)c2c1. The van der Waals surface area contributed by atoms with Crippen molar-refractivity contribution in [1.82, 2.24) is 14.5 Å². The van der Waals surface area contributed by atoms with Crippen LogP contribution in [0.1, 0.15) is 12.1 Å². The fourth-order valence-corrected chi connectivity index (χ4v) is 3.65. The van der Waals surface area contributed by atoms with Gasteiger partial charge in [0.1, 0.15) is 0 Å². The zero-order valence-electron chi connectivity index (χ0n) is 13.9. The predicted molar refractivity (Wildman–Crippen MR) is 96.2 cm³/mol. The second-order valence-electron chi connectivity index (χ2n) is 6.68. The van der Waals surface area contributed by atoms with Crippen molar-refractivity contribution in [2.45, 2.75) is 19.5 Å². The fourth-order valence-electron chi connectivity index (χ4n) is 3.65. The van der Waals surface area contributed by atoms with Gasteiger partial charge < -0.3 is 4.57 Å². The molecule has 0 amide bonds. The van der Waals surface area contributed by atoms with Gasteiger partial charge in [0.2, 0.25) is 0 Å². The molecule has 3 aromatic rings. The van der Waals surface area contributed by atoms with Gasteiger partial charge in [0, 0.05) is 49.5 Å². The molecule has 1 atom stereocenters. The summed E-state index contributed by atoms with van der Waals surface area (Å²) in [6, 6.07) is 13.1. The van der Waals surface area contributed by atoms with Gasteiger partial charge in [-0.2, -0.15) is 0 Å². The van der Waals surface area contributed by atoms with Gasteiger partial charge in [0.15, 0.2) is 0 Å². The van der Waals surface area contributed by atoms with Crippen LogP contribution in [0.25, 0.3) is 10.9 Å². The highest BCUT2D eigenvalue weighted by Gasteiger charge is 2.23. The van der Waals surface area contributed by atoms with Crippen molar-refractivity contribution in [3.63, 3.8) is 0 Å². The number of rotatable bonds is 5. The van der Waals surface area contributed by atoms with E-state index in [1.54, 1.807) is 12.1 Å². The van der Waals surface area contributed by atoms with Crippen molar-refractivity contribution in [3.05, 3.63) is 70.7 Å². The van der Waals surface area contributed by atoms with E-state index in [1.165, 1.54) is 0 Å². The summed E-state index contributed by atoms with van der Waals surface area (Å²) in [7, 11) is 0. The molecule has 3 heterocycles. The van der Waals surface area contributed by atoms with Gasteiger partial charge in [-0.3, -0.25) is 20.0 Å². The highest BCUT2D eigenvalue weighted by molar-refractivity contribution is 5.82. The Kier molecular flexibility index (Phi) is 4.19. The minimum Gasteiger partial charge on any atom is -0.347 e. The number of aromatic nitrogens is 2. The van der Waals surface area contributed by atoms with E-state index in [9.17, 15) is 10.1 Å². The summed E-state index contributed by atoms with van der Waals surface area (Å²) in [5.74, 6) is 0.554. The largest absolute Gasteiger partial charge is 0.347 e. The van der Waals surface area contributed by atoms with Crippen LogP contribution in [0.2, 0.25) is 0 Å². The lowest BCUT2D eigenvalue weighted by atomic mass is 10.1. The van der Waals surface area contributed by atoms with Crippen molar-refractivity contribution in [1.29, 1.82) is 0 Å². The number of likely N-dealkylation sites (tertiary alicyclic amines) is 1. The van der Waals surface area contributed by atoms with E-state index < -0.39 is 0 Å². The van der Waals surface area contributed by atoms with E-state index in [0.29, 0.717) is 5.92 Å². The summed E-state index contributed by atoms with van der Waals surface area (Å²) in [6.07, 6.45) is 5.01. The molecule has 1 fully saturated rings. The smallest absolute Gasteiger partial charge is 0.271 e. The van der Waals surface area contributed by atoms with Crippen LogP contribution >= 0.6 is 0 Å². The van der Waals surface area contributed by atoms with Gasteiger partial charge in [0.25, 0.3) is 5.69 Å². The monoisotopic (exact) mass is 336 g/mol. The summed E-state index contributed by atoms with van der Waals surface area (Å²) in [5.41, 5.74) is 2.19. The number of nitro groups is 1. The number of nitro benzene ring substituents is 1. The van der Waals surface area contributed by atoms with Gasteiger partial charge in [-0.05, 0) is 43.1 Å². The zero-order chi connectivity index (χ0) is 17.2. The third-order valence-corrected chi connectivity index (χ3v) is 4.90. The first kappa shape index (κ1) is 15.8. The molecule has 0 radical (unpaired) electrons. The molecule has 128 valence electrons. The Morgan fingerprint density at radius 1 is 1.24 bits per heavy atom. The minimum absolute atomic E-state index is 0.149. The summed E-state index contributed by atoms with van der Waals surface area (Å²) in [6.45, 7) is 3.88. The number of hydrogen-bond donors (Lipinski definition) is 0. The maximum absolute atomic E-state index is 11.0. The molecule has 0 aliphatic carbocycles. The lowest BCUT2D eigenvalue weighted by Gasteiger charge is -2.16. The molecule has 1 aromatic carbocycles. The third kappa shape index (κ3) is 3.39. The van der Waals surface area contributed by atoms with E-state index in [4.69, 9.17) is 0 Å². The van der Waals surface area contributed by atoms with Crippen LogP contribution in [0.5, 0.6) is 0 Å². The normalized spacial score (nSPS) is 18.0. The summed E-state index contributed by atoms with van der Waals surface area (Å²) >= 11 is 0. The molecule has 1 unspecified atom stereocenters. The Morgan fingerprint density at radius 3 is 2.96 bits per heavy atom. The molecule has 0 spiro atoms. The molecule has 4 rings (SSSR count). The molecule has 0 bridgehead atoms. The number of fused-ring (bicyclic) bond motifs is 1. The number of non-ortho nitro benzene ring substituents is 1. The van der Waals surface area contributed by atoms with Crippen LogP contribution in [-0.2, 0) is 13.1 Å². The van der Waals surface area contributed by atoms with Crippen molar-refractivity contribution < 1.29 is 4.92 Å². The Labute approximate surface area is 145 Å². The van der Waals surface area contributed by atoms with Gasteiger partial charge in [-0.15, -0.1) is 0 Å². The first-order chi connectivity index (χ1) is 12.2. The van der Waals surface area contributed by atoms with Crippen LogP contribution in [0.3, 0.4) is 0 Å². The molecule has 6 heteroatoms. The minimum atomic E-state index is -0.332. The van der Waals surface area contributed by atoms with E-state index in [2.05, 4.69) is 20.5 Å². The Bertz CT molecular complexity index is 891. The number of benzene rings is 1. The zero-order valence-corrected chi connectivity index (χ0v) is 13.9. The summed E-state index contributed by atoms with van der Waals surface area (Å²) in [5, 5.41) is 12.1. The van der Waals surface area contributed by atoms with Crippen molar-refractivity contribution in [3.8, 4) is 0 Å². The van der Waals surface area contributed by atoms with E-state index >= 15 is 0 Å². The maximum atomic E-state index is 11.0. The fraction of sp³-hybridized carbons (Fsp3) is 0.316. The number of pyridine rings is 1. The Morgan fingerprint density at radius 2 is 2.16 bits per heavy atom. The quantitative estimate of drug-likeness (QED) is 0.529. The number of hydrogen-bond acceptors (Lipinski definition) is 4. The molecule has 6 nitrogen and oxygen atoms in total. The van der Waals surface area contributed by atoms with Crippen LogP contribution < -0.4 is 0 Å². The van der Waals surface area contributed by atoms with Gasteiger partial charge in [-0.1, -0.05) is 6.07 Å².